The average Bonchev–Trinajstić information content (AvgIpc) is 2.83. The fraction of sp³-hybridized carbons (Fsp3) is 0.308. The molecule has 0 aliphatic heterocycles. The number of nitrogens with zero attached hydrogens (tertiary/aromatic N) is 3. The number of alkyl halides is 2. The molecule has 1 heterocycles. The van der Waals surface area contributed by atoms with Crippen molar-refractivity contribution in [1.29, 1.82) is 0 Å². The standard InChI is InChI=1S/C13H13F2N3O3/c1-2-3-10-11(12(19)20)16-17-18(10)8-4-6-9(7-5-8)21-13(14)15/h4-7,13H,2-3H2,1H3,(H,19,20). The molecule has 2 rings (SSSR count). The van der Waals surface area contributed by atoms with Gasteiger partial charge in [0.05, 0.1) is 11.4 Å². The van der Waals surface area contributed by atoms with Gasteiger partial charge in [-0.15, -0.1) is 5.10 Å². The number of hydrogen-bond acceptors (Lipinski definition) is 4. The number of carboxylic acids is 1. The van der Waals surface area contributed by atoms with Crippen molar-refractivity contribution in [3.63, 3.8) is 0 Å². The first kappa shape index (κ1) is 14.9. The molecule has 8 heteroatoms. The van der Waals surface area contributed by atoms with Gasteiger partial charge in [0.25, 0.3) is 0 Å². The largest absolute Gasteiger partial charge is 0.476 e. The number of hydrogen-bond donors (Lipinski definition) is 1. The minimum atomic E-state index is -2.89. The maximum atomic E-state index is 12.1. The quantitative estimate of drug-likeness (QED) is 0.886. The molecule has 1 aromatic carbocycles. The van der Waals surface area contributed by atoms with Gasteiger partial charge in [0.2, 0.25) is 0 Å². The van der Waals surface area contributed by atoms with Crippen LogP contribution in [0.3, 0.4) is 0 Å². The Bertz CT molecular complexity index is 626. The predicted octanol–water partition coefficient (Wildman–Crippen LogP) is 2.52. The number of benzene rings is 1. The van der Waals surface area contributed by atoms with Crippen LogP contribution in [0.2, 0.25) is 0 Å². The number of carbonyl (C=O) groups is 1. The summed E-state index contributed by atoms with van der Waals surface area (Å²) in [4.78, 5) is 11.1. The Morgan fingerprint density at radius 1 is 1.38 bits per heavy atom. The van der Waals surface area contributed by atoms with Crippen molar-refractivity contribution in [3.05, 3.63) is 35.7 Å². The van der Waals surface area contributed by atoms with Crippen LogP contribution >= 0.6 is 0 Å². The van der Waals surface area contributed by atoms with Gasteiger partial charge in [-0.25, -0.2) is 9.48 Å². The topological polar surface area (TPSA) is 77.2 Å². The number of aromatic nitrogens is 3. The van der Waals surface area contributed by atoms with Crippen LogP contribution < -0.4 is 4.74 Å². The van der Waals surface area contributed by atoms with E-state index < -0.39 is 12.6 Å². The van der Waals surface area contributed by atoms with E-state index in [0.29, 0.717) is 17.8 Å². The molecule has 6 nitrogen and oxygen atoms in total. The second kappa shape index (κ2) is 6.29. The van der Waals surface area contributed by atoms with E-state index in [4.69, 9.17) is 5.11 Å². The van der Waals surface area contributed by atoms with Gasteiger partial charge in [0.1, 0.15) is 5.75 Å². The lowest BCUT2D eigenvalue weighted by Gasteiger charge is -2.08. The Morgan fingerprint density at radius 3 is 2.57 bits per heavy atom. The van der Waals surface area contributed by atoms with Gasteiger partial charge in [0, 0.05) is 0 Å². The van der Waals surface area contributed by atoms with Crippen LogP contribution in [0.25, 0.3) is 5.69 Å². The molecule has 0 fully saturated rings. The highest BCUT2D eigenvalue weighted by Crippen LogP contribution is 2.19. The second-order valence-corrected chi connectivity index (χ2v) is 4.22. The van der Waals surface area contributed by atoms with Crippen molar-refractivity contribution >= 4 is 5.97 Å². The zero-order chi connectivity index (χ0) is 15.4. The molecule has 112 valence electrons. The van der Waals surface area contributed by atoms with E-state index >= 15 is 0 Å². The summed E-state index contributed by atoms with van der Waals surface area (Å²) in [5.74, 6) is -1.13. The van der Waals surface area contributed by atoms with Crippen LogP contribution in [0.15, 0.2) is 24.3 Å². The molecule has 1 aromatic heterocycles. The summed E-state index contributed by atoms with van der Waals surface area (Å²) in [6.07, 6.45) is 1.21. The molecular formula is C13H13F2N3O3. The molecular weight excluding hydrogens is 284 g/mol. The van der Waals surface area contributed by atoms with E-state index in [1.54, 1.807) is 0 Å². The van der Waals surface area contributed by atoms with E-state index in [9.17, 15) is 13.6 Å². The molecule has 0 spiro atoms. The molecule has 0 atom stereocenters. The van der Waals surface area contributed by atoms with Crippen molar-refractivity contribution in [2.45, 2.75) is 26.4 Å². The highest BCUT2D eigenvalue weighted by molar-refractivity contribution is 5.86. The van der Waals surface area contributed by atoms with Gasteiger partial charge in [-0.2, -0.15) is 8.78 Å². The van der Waals surface area contributed by atoms with Crippen LogP contribution in [-0.4, -0.2) is 32.7 Å². The van der Waals surface area contributed by atoms with Crippen LogP contribution in [-0.2, 0) is 6.42 Å². The lowest BCUT2D eigenvalue weighted by atomic mass is 10.2. The van der Waals surface area contributed by atoms with Gasteiger partial charge >= 0.3 is 12.6 Å². The lowest BCUT2D eigenvalue weighted by molar-refractivity contribution is -0.0498. The maximum absolute atomic E-state index is 12.1. The number of aromatic carboxylic acids is 1. The van der Waals surface area contributed by atoms with E-state index in [1.165, 1.54) is 28.9 Å². The van der Waals surface area contributed by atoms with E-state index in [1.807, 2.05) is 6.92 Å². The average molecular weight is 297 g/mol. The van der Waals surface area contributed by atoms with Crippen LogP contribution in [0, 0.1) is 0 Å². The van der Waals surface area contributed by atoms with Crippen molar-refractivity contribution in [2.75, 3.05) is 0 Å². The summed E-state index contributed by atoms with van der Waals surface area (Å²) in [6.45, 7) is -0.987. The first-order chi connectivity index (χ1) is 10.0. The van der Waals surface area contributed by atoms with E-state index in [0.717, 1.165) is 6.42 Å². The van der Waals surface area contributed by atoms with E-state index in [-0.39, 0.29) is 11.4 Å². The zero-order valence-corrected chi connectivity index (χ0v) is 11.2. The van der Waals surface area contributed by atoms with Crippen LogP contribution in [0.1, 0.15) is 29.5 Å². The molecule has 21 heavy (non-hydrogen) atoms. The summed E-state index contributed by atoms with van der Waals surface area (Å²) >= 11 is 0. The van der Waals surface area contributed by atoms with Gasteiger partial charge < -0.3 is 9.84 Å². The SMILES string of the molecule is CCCc1c(C(=O)O)nnn1-c1ccc(OC(F)F)cc1. The van der Waals surface area contributed by atoms with Gasteiger partial charge in [0.15, 0.2) is 5.69 Å². The molecule has 0 radical (unpaired) electrons. The zero-order valence-electron chi connectivity index (χ0n) is 11.2. The number of rotatable bonds is 6. The predicted molar refractivity (Wildman–Crippen MR) is 68.9 cm³/mol. The van der Waals surface area contributed by atoms with Crippen molar-refractivity contribution in [3.8, 4) is 11.4 Å². The van der Waals surface area contributed by atoms with Crippen molar-refractivity contribution in [1.82, 2.24) is 15.0 Å². The molecule has 0 unspecified atom stereocenters. The van der Waals surface area contributed by atoms with Crippen molar-refractivity contribution in [2.24, 2.45) is 0 Å². The first-order valence-corrected chi connectivity index (χ1v) is 6.26. The summed E-state index contributed by atoms with van der Waals surface area (Å²) in [5, 5.41) is 16.5. The fourth-order valence-corrected chi connectivity index (χ4v) is 1.91. The minimum absolute atomic E-state index is 0.0179. The smallest absolute Gasteiger partial charge is 0.387 e. The Labute approximate surface area is 119 Å². The van der Waals surface area contributed by atoms with Gasteiger partial charge in [-0.1, -0.05) is 18.6 Å². The molecule has 0 saturated carbocycles. The molecule has 1 N–H and O–H groups in total. The second-order valence-electron chi connectivity index (χ2n) is 4.22. The third-order valence-corrected chi connectivity index (χ3v) is 2.76. The first-order valence-electron chi connectivity index (χ1n) is 6.26. The van der Waals surface area contributed by atoms with Gasteiger partial charge in [-0.3, -0.25) is 0 Å². The summed E-state index contributed by atoms with van der Waals surface area (Å²) < 4.78 is 29.8. The van der Waals surface area contributed by atoms with Crippen LogP contribution in [0.5, 0.6) is 5.75 Å². The van der Waals surface area contributed by atoms with E-state index in [2.05, 4.69) is 15.0 Å². The Balaban J connectivity index is 2.35. The lowest BCUT2D eigenvalue weighted by Crippen LogP contribution is -2.07. The molecule has 0 aliphatic carbocycles. The third kappa shape index (κ3) is 3.33. The molecule has 0 saturated heterocycles. The molecule has 2 aromatic rings. The summed E-state index contributed by atoms with van der Waals surface area (Å²) in [6, 6.07) is 5.74. The Morgan fingerprint density at radius 2 is 2.05 bits per heavy atom. The summed E-state index contributed by atoms with van der Waals surface area (Å²) in [5.41, 5.74) is 0.886. The van der Waals surface area contributed by atoms with Gasteiger partial charge in [-0.05, 0) is 30.7 Å². The Kier molecular flexibility index (Phi) is 4.46. The number of halogens is 2. The van der Waals surface area contributed by atoms with Crippen LogP contribution in [0.4, 0.5) is 8.78 Å². The van der Waals surface area contributed by atoms with Crippen molar-refractivity contribution < 1.29 is 23.4 Å². The highest BCUT2D eigenvalue weighted by Gasteiger charge is 2.19. The number of ether oxygens (including phenoxy) is 1. The minimum Gasteiger partial charge on any atom is -0.476 e. The molecule has 0 aliphatic rings. The Hall–Kier alpha value is -2.51. The molecule has 0 bridgehead atoms. The normalized spacial score (nSPS) is 10.9. The summed E-state index contributed by atoms with van der Waals surface area (Å²) in [7, 11) is 0. The number of carboxylic acid groups (broad SMARTS) is 1. The maximum Gasteiger partial charge on any atom is 0.387 e. The highest BCUT2D eigenvalue weighted by atomic mass is 19.3. The fourth-order valence-electron chi connectivity index (χ4n) is 1.91. The monoisotopic (exact) mass is 297 g/mol. The molecule has 0 amide bonds. The third-order valence-electron chi connectivity index (χ3n) is 2.76.